The molecule has 1 aliphatic carbocycles. The molecule has 0 fully saturated rings. The third kappa shape index (κ3) is 1.96. The molecule has 2 aromatic rings. The summed E-state index contributed by atoms with van der Waals surface area (Å²) in [7, 11) is 1.68. The first-order valence-electron chi connectivity index (χ1n) is 6.90. The van der Waals surface area contributed by atoms with Crippen LogP contribution in [-0.4, -0.2) is 7.11 Å². The number of methoxy groups -OCH3 is 1. The first kappa shape index (κ1) is 12.7. The highest BCUT2D eigenvalue weighted by Gasteiger charge is 2.39. The number of nitrogens with zero attached hydrogens (tertiary/aromatic N) is 1. The number of rotatable bonds is 3. The van der Waals surface area contributed by atoms with E-state index in [1.165, 1.54) is 11.1 Å². The molecule has 0 saturated carbocycles. The lowest BCUT2D eigenvalue weighted by Crippen LogP contribution is -2.24. The zero-order valence-corrected chi connectivity index (χ0v) is 11.6. The lowest BCUT2D eigenvalue weighted by molar-refractivity contribution is 0.404. The predicted molar refractivity (Wildman–Crippen MR) is 78.8 cm³/mol. The summed E-state index contributed by atoms with van der Waals surface area (Å²) in [4.78, 5) is 0. The van der Waals surface area contributed by atoms with Gasteiger partial charge in [0.15, 0.2) is 0 Å². The summed E-state index contributed by atoms with van der Waals surface area (Å²) in [6, 6.07) is 18.9. The van der Waals surface area contributed by atoms with Crippen molar-refractivity contribution in [1.82, 2.24) is 0 Å². The Bertz CT molecular complexity index is 671. The van der Waals surface area contributed by atoms with E-state index in [1.54, 1.807) is 7.11 Å². The Morgan fingerprint density at radius 2 is 1.90 bits per heavy atom. The molecule has 20 heavy (non-hydrogen) atoms. The molecule has 0 amide bonds. The van der Waals surface area contributed by atoms with Gasteiger partial charge in [-0.15, -0.1) is 0 Å². The SMILES string of the molecule is COc1ccccc1CC1(C#N)CCc2ccccc21. The summed E-state index contributed by atoms with van der Waals surface area (Å²) in [5.41, 5.74) is 3.19. The Hall–Kier alpha value is -2.27. The van der Waals surface area contributed by atoms with Gasteiger partial charge in [-0.05, 0) is 42.0 Å². The van der Waals surface area contributed by atoms with Gasteiger partial charge in [-0.25, -0.2) is 0 Å². The van der Waals surface area contributed by atoms with Gasteiger partial charge in [0.25, 0.3) is 0 Å². The minimum absolute atomic E-state index is 0.411. The van der Waals surface area contributed by atoms with E-state index in [2.05, 4.69) is 30.3 Å². The molecule has 0 spiro atoms. The van der Waals surface area contributed by atoms with Crippen molar-refractivity contribution in [2.45, 2.75) is 24.7 Å². The van der Waals surface area contributed by atoms with Crippen molar-refractivity contribution in [1.29, 1.82) is 5.26 Å². The summed E-state index contributed by atoms with van der Waals surface area (Å²) in [6.07, 6.45) is 2.59. The first-order valence-corrected chi connectivity index (χ1v) is 6.90. The van der Waals surface area contributed by atoms with Crippen molar-refractivity contribution in [2.75, 3.05) is 7.11 Å². The summed E-state index contributed by atoms with van der Waals surface area (Å²) in [5.74, 6) is 0.867. The molecule has 2 heteroatoms. The van der Waals surface area contributed by atoms with E-state index in [0.717, 1.165) is 24.2 Å². The minimum atomic E-state index is -0.411. The highest BCUT2D eigenvalue weighted by Crippen LogP contribution is 2.42. The number of para-hydroxylation sites is 1. The summed E-state index contributed by atoms with van der Waals surface area (Å²) in [5, 5.41) is 9.80. The van der Waals surface area contributed by atoms with E-state index in [1.807, 2.05) is 24.3 Å². The Labute approximate surface area is 119 Å². The van der Waals surface area contributed by atoms with Gasteiger partial charge in [-0.2, -0.15) is 5.26 Å². The monoisotopic (exact) mass is 263 g/mol. The molecule has 1 aliphatic rings. The van der Waals surface area contributed by atoms with Gasteiger partial charge in [0.05, 0.1) is 18.6 Å². The molecule has 0 heterocycles. The molecule has 1 atom stereocenters. The molecule has 100 valence electrons. The molecule has 0 saturated heterocycles. The molecule has 0 aromatic heterocycles. The van der Waals surface area contributed by atoms with Gasteiger partial charge in [0.2, 0.25) is 0 Å². The van der Waals surface area contributed by atoms with Crippen molar-refractivity contribution >= 4 is 0 Å². The normalized spacial score (nSPS) is 20.2. The number of aryl methyl sites for hydroxylation is 1. The van der Waals surface area contributed by atoms with Gasteiger partial charge in [-0.3, -0.25) is 0 Å². The van der Waals surface area contributed by atoms with Gasteiger partial charge in [0, 0.05) is 0 Å². The Kier molecular flexibility index (Phi) is 3.20. The molecular weight excluding hydrogens is 246 g/mol. The fraction of sp³-hybridized carbons (Fsp3) is 0.278. The van der Waals surface area contributed by atoms with Crippen LogP contribution in [0.1, 0.15) is 23.1 Å². The third-order valence-electron chi connectivity index (χ3n) is 4.25. The van der Waals surface area contributed by atoms with E-state index in [4.69, 9.17) is 4.74 Å². The molecule has 2 nitrogen and oxygen atoms in total. The van der Waals surface area contributed by atoms with Crippen LogP contribution >= 0.6 is 0 Å². The zero-order valence-electron chi connectivity index (χ0n) is 11.6. The van der Waals surface area contributed by atoms with E-state index in [0.29, 0.717) is 6.42 Å². The van der Waals surface area contributed by atoms with Crippen LogP contribution in [0, 0.1) is 11.3 Å². The smallest absolute Gasteiger partial charge is 0.122 e. The molecule has 0 radical (unpaired) electrons. The third-order valence-corrected chi connectivity index (χ3v) is 4.25. The number of nitriles is 1. The molecule has 0 N–H and O–H groups in total. The fourth-order valence-corrected chi connectivity index (χ4v) is 3.20. The van der Waals surface area contributed by atoms with E-state index < -0.39 is 5.41 Å². The maximum Gasteiger partial charge on any atom is 0.122 e. The maximum absolute atomic E-state index is 9.80. The molecule has 1 unspecified atom stereocenters. The highest BCUT2D eigenvalue weighted by molar-refractivity contribution is 5.47. The highest BCUT2D eigenvalue weighted by atomic mass is 16.5. The second-order valence-electron chi connectivity index (χ2n) is 5.34. The van der Waals surface area contributed by atoms with E-state index in [9.17, 15) is 5.26 Å². The maximum atomic E-state index is 9.80. The fourth-order valence-electron chi connectivity index (χ4n) is 3.20. The number of fused-ring (bicyclic) bond motifs is 1. The van der Waals surface area contributed by atoms with Crippen LogP contribution in [0.5, 0.6) is 5.75 Å². The van der Waals surface area contributed by atoms with Crippen molar-refractivity contribution in [3.05, 3.63) is 65.2 Å². The molecule has 2 aromatic carbocycles. The van der Waals surface area contributed by atoms with Crippen molar-refractivity contribution in [2.24, 2.45) is 0 Å². The summed E-state index contributed by atoms with van der Waals surface area (Å²) < 4.78 is 5.42. The van der Waals surface area contributed by atoms with Crippen LogP contribution in [0.4, 0.5) is 0 Å². The van der Waals surface area contributed by atoms with Crippen molar-refractivity contribution < 1.29 is 4.74 Å². The predicted octanol–water partition coefficient (Wildman–Crippen LogP) is 3.65. The van der Waals surface area contributed by atoms with Crippen LogP contribution in [-0.2, 0) is 18.3 Å². The standard InChI is InChI=1S/C18H17NO/c1-20-17-9-5-3-7-15(17)12-18(13-19)11-10-14-6-2-4-8-16(14)18/h2-9H,10-12H2,1H3. The molecule has 0 aliphatic heterocycles. The molecular formula is C18H17NO. The van der Waals surface area contributed by atoms with E-state index >= 15 is 0 Å². The Balaban J connectivity index is 2.03. The number of hydrogen-bond acceptors (Lipinski definition) is 2. The quantitative estimate of drug-likeness (QED) is 0.847. The van der Waals surface area contributed by atoms with Crippen molar-refractivity contribution in [3.63, 3.8) is 0 Å². The van der Waals surface area contributed by atoms with Gasteiger partial charge >= 0.3 is 0 Å². The Morgan fingerprint density at radius 3 is 2.70 bits per heavy atom. The van der Waals surface area contributed by atoms with Gasteiger partial charge in [0.1, 0.15) is 5.75 Å². The van der Waals surface area contributed by atoms with E-state index in [-0.39, 0.29) is 0 Å². The largest absolute Gasteiger partial charge is 0.496 e. The lowest BCUT2D eigenvalue weighted by atomic mass is 9.78. The van der Waals surface area contributed by atoms with Crippen molar-refractivity contribution in [3.8, 4) is 11.8 Å². The zero-order chi connectivity index (χ0) is 14.0. The summed E-state index contributed by atoms with van der Waals surface area (Å²) >= 11 is 0. The second-order valence-corrected chi connectivity index (χ2v) is 5.34. The van der Waals surface area contributed by atoms with Gasteiger partial charge < -0.3 is 4.74 Å². The number of hydrogen-bond donors (Lipinski definition) is 0. The average molecular weight is 263 g/mol. The summed E-state index contributed by atoms with van der Waals surface area (Å²) in [6.45, 7) is 0. The van der Waals surface area contributed by atoms with Crippen LogP contribution < -0.4 is 4.74 Å². The molecule has 0 bridgehead atoms. The average Bonchev–Trinajstić information content (AvgIpc) is 2.87. The second kappa shape index (κ2) is 5.02. The minimum Gasteiger partial charge on any atom is -0.496 e. The number of benzene rings is 2. The van der Waals surface area contributed by atoms with Crippen LogP contribution in [0.15, 0.2) is 48.5 Å². The van der Waals surface area contributed by atoms with Gasteiger partial charge in [-0.1, -0.05) is 42.5 Å². The lowest BCUT2D eigenvalue weighted by Gasteiger charge is -2.23. The van der Waals surface area contributed by atoms with Crippen LogP contribution in [0.2, 0.25) is 0 Å². The van der Waals surface area contributed by atoms with Crippen LogP contribution in [0.3, 0.4) is 0 Å². The first-order chi connectivity index (χ1) is 9.79. The number of ether oxygens (including phenoxy) is 1. The topological polar surface area (TPSA) is 33.0 Å². The van der Waals surface area contributed by atoms with Crippen LogP contribution in [0.25, 0.3) is 0 Å². The Morgan fingerprint density at radius 1 is 1.15 bits per heavy atom. The molecule has 3 rings (SSSR count).